The van der Waals surface area contributed by atoms with Gasteiger partial charge in [0.2, 0.25) is 10.0 Å². The second-order valence-corrected chi connectivity index (χ2v) is 8.95. The van der Waals surface area contributed by atoms with E-state index in [1.54, 1.807) is 0 Å². The van der Waals surface area contributed by atoms with E-state index < -0.39 is 10.0 Å². The Morgan fingerprint density at radius 1 is 1.20 bits per heavy atom. The monoisotopic (exact) mass is 491 g/mol. The first-order valence-electron chi connectivity index (χ1n) is 5.97. The number of ether oxygens (including phenoxy) is 1. The van der Waals surface area contributed by atoms with Crippen molar-refractivity contribution in [3.8, 4) is 5.75 Å². The lowest BCUT2D eigenvalue weighted by molar-refractivity contribution is 0.279. The number of primary sulfonamides is 1. The molecule has 0 aliphatic carbocycles. The zero-order valence-corrected chi connectivity index (χ0v) is 16.5. The van der Waals surface area contributed by atoms with Crippen molar-refractivity contribution in [1.29, 1.82) is 0 Å². The Balaban J connectivity index is 2.45. The van der Waals surface area contributed by atoms with Gasteiger partial charge in [-0.25, -0.2) is 13.6 Å². The first-order valence-corrected chi connectivity index (χ1v) is 10.1. The van der Waals surface area contributed by atoms with Crippen LogP contribution in [0.25, 0.3) is 0 Å². The number of hydrogen-bond donors (Lipinski definition) is 1. The van der Waals surface area contributed by atoms with Gasteiger partial charge in [-0.1, -0.05) is 22.9 Å². The summed E-state index contributed by atoms with van der Waals surface area (Å²) >= 11 is 10.3. The van der Waals surface area contributed by atoms with Gasteiger partial charge in [-0.3, -0.25) is 0 Å². The van der Waals surface area contributed by atoms with Crippen LogP contribution in [0.5, 0.6) is 5.75 Å². The first-order chi connectivity index (χ1) is 9.19. The van der Waals surface area contributed by atoms with Gasteiger partial charge in [0.25, 0.3) is 0 Å². The molecule has 20 heavy (non-hydrogen) atoms. The van der Waals surface area contributed by atoms with Gasteiger partial charge in [-0.2, -0.15) is 0 Å². The predicted molar refractivity (Wildman–Crippen MR) is 91.4 cm³/mol. The maximum absolute atomic E-state index is 10.9. The molecule has 2 N–H and O–H groups in total. The molecule has 1 unspecified atom stereocenters. The number of nitrogens with two attached hydrogens (primary N) is 1. The van der Waals surface area contributed by atoms with E-state index in [0.717, 1.165) is 25.6 Å². The quantitative estimate of drug-likeness (QED) is 0.622. The van der Waals surface area contributed by atoms with Gasteiger partial charge in [0, 0.05) is 4.47 Å². The molecule has 1 rings (SSSR count). The fourth-order valence-electron chi connectivity index (χ4n) is 1.54. The van der Waals surface area contributed by atoms with Crippen LogP contribution in [0.4, 0.5) is 0 Å². The van der Waals surface area contributed by atoms with Crippen molar-refractivity contribution in [2.75, 3.05) is 12.4 Å². The summed E-state index contributed by atoms with van der Waals surface area (Å²) in [5, 5.41) is 4.98. The second kappa shape index (κ2) is 8.12. The molecule has 1 aromatic rings. The minimum absolute atomic E-state index is 0.0137. The molecule has 4 nitrogen and oxygen atoms in total. The number of benzene rings is 1. The van der Waals surface area contributed by atoms with Gasteiger partial charge in [0.15, 0.2) is 0 Å². The minimum Gasteiger partial charge on any atom is -0.491 e. The molecule has 8 heteroatoms. The fraction of sp³-hybridized carbons (Fsp3) is 0.500. The maximum atomic E-state index is 10.9. The molecule has 0 heterocycles. The predicted octanol–water partition coefficient (Wildman–Crippen LogP) is 4.06. The van der Waals surface area contributed by atoms with E-state index >= 15 is 0 Å². The van der Waals surface area contributed by atoms with Gasteiger partial charge in [0.05, 0.1) is 21.3 Å². The summed E-state index contributed by atoms with van der Waals surface area (Å²) in [7, 11) is -3.38. The molecule has 1 atom stereocenters. The molecule has 0 amide bonds. The van der Waals surface area contributed by atoms with Crippen molar-refractivity contribution in [3.63, 3.8) is 0 Å². The Bertz CT molecular complexity index is 540. The molecular formula is C12H16Br3NO3S. The third kappa shape index (κ3) is 6.89. The lowest BCUT2D eigenvalue weighted by atomic mass is 10.1. The van der Waals surface area contributed by atoms with E-state index in [1.807, 2.05) is 19.1 Å². The molecule has 0 fully saturated rings. The zero-order chi connectivity index (χ0) is 15.3. The highest BCUT2D eigenvalue weighted by Crippen LogP contribution is 2.36. The summed E-state index contributed by atoms with van der Waals surface area (Å²) in [6.07, 6.45) is 1.31. The van der Waals surface area contributed by atoms with Crippen molar-refractivity contribution in [3.05, 3.63) is 25.6 Å². The molecule has 0 saturated carbocycles. The minimum atomic E-state index is -3.38. The summed E-state index contributed by atoms with van der Waals surface area (Å²) in [5.74, 6) is 0.994. The van der Waals surface area contributed by atoms with Crippen LogP contribution >= 0.6 is 47.8 Å². The smallest absolute Gasteiger partial charge is 0.209 e. The maximum Gasteiger partial charge on any atom is 0.209 e. The number of sulfonamides is 1. The number of hydrogen-bond acceptors (Lipinski definition) is 3. The Morgan fingerprint density at radius 3 is 2.25 bits per heavy atom. The molecule has 0 spiro atoms. The van der Waals surface area contributed by atoms with Crippen LogP contribution in [0, 0.1) is 5.92 Å². The van der Waals surface area contributed by atoms with Crippen molar-refractivity contribution < 1.29 is 13.2 Å². The van der Waals surface area contributed by atoms with Gasteiger partial charge in [-0.05, 0) is 62.8 Å². The third-order valence-corrected chi connectivity index (χ3v) is 5.16. The SMILES string of the molecule is CC(CCOc1c(Br)cc(Br)cc1Br)CCS(N)(=O)=O. The fourth-order valence-corrected chi connectivity index (χ4v) is 4.76. The first kappa shape index (κ1) is 18.4. The third-order valence-electron chi connectivity index (χ3n) is 2.72. The van der Waals surface area contributed by atoms with Crippen molar-refractivity contribution in [1.82, 2.24) is 0 Å². The molecular weight excluding hydrogens is 478 g/mol. The highest BCUT2D eigenvalue weighted by Gasteiger charge is 2.11. The highest BCUT2D eigenvalue weighted by atomic mass is 79.9. The van der Waals surface area contributed by atoms with Crippen LogP contribution in [0.15, 0.2) is 25.6 Å². The van der Waals surface area contributed by atoms with E-state index in [9.17, 15) is 8.42 Å². The lowest BCUT2D eigenvalue weighted by Crippen LogP contribution is -2.18. The van der Waals surface area contributed by atoms with Crippen LogP contribution in [0.3, 0.4) is 0 Å². The Morgan fingerprint density at radius 2 is 1.75 bits per heavy atom. The lowest BCUT2D eigenvalue weighted by Gasteiger charge is -2.14. The van der Waals surface area contributed by atoms with Gasteiger partial charge in [0.1, 0.15) is 5.75 Å². The number of rotatable bonds is 7. The summed E-state index contributed by atoms with van der Waals surface area (Å²) < 4.78 is 30.2. The molecule has 0 radical (unpaired) electrons. The van der Waals surface area contributed by atoms with Crippen molar-refractivity contribution in [2.24, 2.45) is 11.1 Å². The molecule has 0 saturated heterocycles. The van der Waals surface area contributed by atoms with E-state index in [2.05, 4.69) is 47.8 Å². The Hall–Kier alpha value is 0.370. The van der Waals surface area contributed by atoms with Crippen LogP contribution in [-0.4, -0.2) is 20.8 Å². The van der Waals surface area contributed by atoms with Crippen LogP contribution in [0.1, 0.15) is 19.8 Å². The van der Waals surface area contributed by atoms with E-state index in [-0.39, 0.29) is 11.7 Å². The largest absolute Gasteiger partial charge is 0.491 e. The average Bonchev–Trinajstić information content (AvgIpc) is 2.29. The summed E-state index contributed by atoms with van der Waals surface area (Å²) in [4.78, 5) is 0. The summed E-state index contributed by atoms with van der Waals surface area (Å²) in [5.41, 5.74) is 0. The van der Waals surface area contributed by atoms with Crippen molar-refractivity contribution >= 4 is 57.8 Å². The summed E-state index contributed by atoms with van der Waals surface area (Å²) in [6, 6.07) is 3.81. The second-order valence-electron chi connectivity index (χ2n) is 4.60. The normalized spacial score (nSPS) is 13.2. The topological polar surface area (TPSA) is 69.4 Å². The van der Waals surface area contributed by atoms with Gasteiger partial charge in [-0.15, -0.1) is 0 Å². The molecule has 114 valence electrons. The Labute approximate surface area is 144 Å². The van der Waals surface area contributed by atoms with Crippen molar-refractivity contribution in [2.45, 2.75) is 19.8 Å². The average molecular weight is 494 g/mol. The molecule has 0 aliphatic rings. The molecule has 0 aromatic heterocycles. The van der Waals surface area contributed by atoms with E-state index in [1.165, 1.54) is 0 Å². The van der Waals surface area contributed by atoms with E-state index in [4.69, 9.17) is 9.88 Å². The zero-order valence-electron chi connectivity index (χ0n) is 10.9. The van der Waals surface area contributed by atoms with Crippen LogP contribution < -0.4 is 9.88 Å². The van der Waals surface area contributed by atoms with E-state index in [0.29, 0.717) is 13.0 Å². The molecule has 0 bridgehead atoms. The Kier molecular flexibility index (Phi) is 7.48. The summed E-state index contributed by atoms with van der Waals surface area (Å²) in [6.45, 7) is 2.50. The van der Waals surface area contributed by atoms with Gasteiger partial charge < -0.3 is 4.74 Å². The van der Waals surface area contributed by atoms with Crippen LogP contribution in [-0.2, 0) is 10.0 Å². The molecule has 1 aromatic carbocycles. The van der Waals surface area contributed by atoms with Gasteiger partial charge >= 0.3 is 0 Å². The highest BCUT2D eigenvalue weighted by molar-refractivity contribution is 9.11. The van der Waals surface area contributed by atoms with Crippen LogP contribution in [0.2, 0.25) is 0 Å². The number of halogens is 3. The standard InChI is InChI=1S/C12H16Br3NO3S/c1-8(3-5-20(16,17)18)2-4-19-12-10(14)6-9(13)7-11(12)15/h6-8H,2-5H2,1H3,(H2,16,17,18). The molecule has 0 aliphatic heterocycles.